The SMILES string of the molecule is CN=C(NCCS(=O)C(C)(C)C)NC1CCN(CC2CCCC2)C1.I. The molecule has 2 aliphatic rings. The molecule has 0 aromatic rings. The van der Waals surface area contributed by atoms with E-state index in [1.807, 2.05) is 20.8 Å². The summed E-state index contributed by atoms with van der Waals surface area (Å²) in [5, 5.41) is 6.85. The molecule has 0 aromatic carbocycles. The topological polar surface area (TPSA) is 56.7 Å². The Labute approximate surface area is 173 Å². The zero-order valence-electron chi connectivity index (χ0n) is 16.3. The van der Waals surface area contributed by atoms with Gasteiger partial charge in [0.25, 0.3) is 0 Å². The molecule has 25 heavy (non-hydrogen) atoms. The van der Waals surface area contributed by atoms with Gasteiger partial charge in [-0.25, -0.2) is 0 Å². The van der Waals surface area contributed by atoms with Gasteiger partial charge in [0.2, 0.25) is 0 Å². The first-order chi connectivity index (χ1) is 11.4. The maximum absolute atomic E-state index is 12.1. The van der Waals surface area contributed by atoms with Crippen molar-refractivity contribution in [3.63, 3.8) is 0 Å². The second-order valence-electron chi connectivity index (χ2n) is 8.20. The number of hydrogen-bond acceptors (Lipinski definition) is 3. The lowest BCUT2D eigenvalue weighted by atomic mass is 10.1. The number of rotatable bonds is 6. The molecule has 0 bridgehead atoms. The summed E-state index contributed by atoms with van der Waals surface area (Å²) in [7, 11) is 0.985. The Morgan fingerprint density at radius 3 is 2.52 bits per heavy atom. The van der Waals surface area contributed by atoms with Crippen LogP contribution in [-0.4, -0.2) is 64.8 Å². The van der Waals surface area contributed by atoms with Crippen molar-refractivity contribution in [3.05, 3.63) is 0 Å². The van der Waals surface area contributed by atoms with E-state index in [-0.39, 0.29) is 28.7 Å². The molecular weight excluding hydrogens is 447 g/mol. The van der Waals surface area contributed by atoms with E-state index in [2.05, 4.69) is 20.5 Å². The minimum absolute atomic E-state index is 0. The number of aliphatic imine (C=N–C) groups is 1. The van der Waals surface area contributed by atoms with Gasteiger partial charge in [0.1, 0.15) is 0 Å². The Morgan fingerprint density at radius 1 is 1.24 bits per heavy atom. The van der Waals surface area contributed by atoms with Gasteiger partial charge in [-0.05, 0) is 46.0 Å². The number of likely N-dealkylation sites (tertiary alicyclic amines) is 1. The van der Waals surface area contributed by atoms with Crippen molar-refractivity contribution < 1.29 is 4.21 Å². The van der Waals surface area contributed by atoms with Crippen LogP contribution in [0.1, 0.15) is 52.9 Å². The first-order valence-corrected chi connectivity index (χ1v) is 10.8. The second-order valence-corrected chi connectivity index (χ2v) is 10.5. The second kappa shape index (κ2) is 11.1. The molecule has 148 valence electrons. The predicted molar refractivity (Wildman–Crippen MR) is 119 cm³/mol. The maximum Gasteiger partial charge on any atom is 0.191 e. The minimum atomic E-state index is -0.822. The summed E-state index contributed by atoms with van der Waals surface area (Å²) in [4.78, 5) is 6.92. The van der Waals surface area contributed by atoms with Gasteiger partial charge in [-0.3, -0.25) is 9.20 Å². The van der Waals surface area contributed by atoms with Crippen LogP contribution in [0.4, 0.5) is 0 Å². The van der Waals surface area contributed by atoms with Crippen LogP contribution in [0.3, 0.4) is 0 Å². The molecule has 2 unspecified atom stereocenters. The van der Waals surface area contributed by atoms with Crippen LogP contribution in [0, 0.1) is 5.92 Å². The van der Waals surface area contributed by atoms with Crippen molar-refractivity contribution >= 4 is 40.7 Å². The van der Waals surface area contributed by atoms with E-state index >= 15 is 0 Å². The molecule has 1 saturated carbocycles. The lowest BCUT2D eigenvalue weighted by molar-refractivity contribution is 0.275. The van der Waals surface area contributed by atoms with Crippen LogP contribution in [0.15, 0.2) is 4.99 Å². The monoisotopic (exact) mass is 484 g/mol. The van der Waals surface area contributed by atoms with Crippen molar-refractivity contribution in [1.29, 1.82) is 0 Å². The molecule has 2 rings (SSSR count). The molecule has 1 saturated heterocycles. The normalized spacial score (nSPS) is 24.2. The third-order valence-electron chi connectivity index (χ3n) is 5.09. The first kappa shape index (κ1) is 23.1. The molecule has 0 spiro atoms. The Balaban J connectivity index is 0.00000312. The van der Waals surface area contributed by atoms with Crippen molar-refractivity contribution in [1.82, 2.24) is 15.5 Å². The first-order valence-electron chi connectivity index (χ1n) is 9.46. The standard InChI is InChI=1S/C18H36N4OS.HI/c1-18(2,3)24(23)12-10-20-17(19-4)21-16-9-11-22(14-16)13-15-7-5-6-8-15;/h15-16H,5-14H2,1-4H3,(H2,19,20,21);1H. The lowest BCUT2D eigenvalue weighted by Gasteiger charge is -2.22. The quantitative estimate of drug-likeness (QED) is 0.346. The zero-order valence-corrected chi connectivity index (χ0v) is 19.5. The summed E-state index contributed by atoms with van der Waals surface area (Å²) >= 11 is 0. The van der Waals surface area contributed by atoms with Crippen LogP contribution in [-0.2, 0) is 10.8 Å². The van der Waals surface area contributed by atoms with E-state index in [0.29, 0.717) is 18.3 Å². The van der Waals surface area contributed by atoms with Gasteiger partial charge < -0.3 is 15.5 Å². The molecule has 2 atom stereocenters. The summed E-state index contributed by atoms with van der Waals surface area (Å²) in [6, 6.07) is 0.478. The number of halogens is 1. The van der Waals surface area contributed by atoms with Crippen LogP contribution < -0.4 is 10.6 Å². The van der Waals surface area contributed by atoms with Gasteiger partial charge in [0.05, 0.1) is 0 Å². The molecule has 0 radical (unpaired) electrons. The van der Waals surface area contributed by atoms with Crippen molar-refractivity contribution in [3.8, 4) is 0 Å². The van der Waals surface area contributed by atoms with Crippen molar-refractivity contribution in [2.24, 2.45) is 10.9 Å². The Kier molecular flexibility index (Phi) is 10.2. The number of hydrogen-bond donors (Lipinski definition) is 2. The van der Waals surface area contributed by atoms with E-state index in [0.717, 1.165) is 18.4 Å². The molecule has 0 amide bonds. The number of nitrogens with one attached hydrogen (secondary N) is 2. The fraction of sp³-hybridized carbons (Fsp3) is 0.944. The van der Waals surface area contributed by atoms with Gasteiger partial charge in [0, 0.05) is 60.6 Å². The molecule has 2 fully saturated rings. The number of nitrogens with zero attached hydrogens (tertiary/aromatic N) is 2. The largest absolute Gasteiger partial charge is 0.355 e. The summed E-state index contributed by atoms with van der Waals surface area (Å²) in [5.41, 5.74) is 0. The Morgan fingerprint density at radius 2 is 1.92 bits per heavy atom. The van der Waals surface area contributed by atoms with E-state index in [1.54, 1.807) is 7.05 Å². The minimum Gasteiger partial charge on any atom is -0.355 e. The maximum atomic E-state index is 12.1. The van der Waals surface area contributed by atoms with E-state index in [9.17, 15) is 4.21 Å². The van der Waals surface area contributed by atoms with Crippen molar-refractivity contribution in [2.75, 3.05) is 39.0 Å². The predicted octanol–water partition coefficient (Wildman–Crippen LogP) is 2.58. The van der Waals surface area contributed by atoms with E-state index in [4.69, 9.17) is 0 Å². The molecule has 1 aliphatic heterocycles. The average Bonchev–Trinajstić information content (AvgIpc) is 3.17. The van der Waals surface area contributed by atoms with Gasteiger partial charge in [0.15, 0.2) is 5.96 Å². The van der Waals surface area contributed by atoms with Crippen LogP contribution >= 0.6 is 24.0 Å². The van der Waals surface area contributed by atoms with Crippen LogP contribution in [0.2, 0.25) is 0 Å². The van der Waals surface area contributed by atoms with Gasteiger partial charge in [-0.15, -0.1) is 24.0 Å². The molecule has 5 nitrogen and oxygen atoms in total. The number of guanidine groups is 1. The van der Waals surface area contributed by atoms with Crippen LogP contribution in [0.5, 0.6) is 0 Å². The van der Waals surface area contributed by atoms with Crippen LogP contribution in [0.25, 0.3) is 0 Å². The highest BCUT2D eigenvalue weighted by molar-refractivity contribution is 14.0. The lowest BCUT2D eigenvalue weighted by Crippen LogP contribution is -2.46. The fourth-order valence-corrected chi connectivity index (χ4v) is 4.53. The fourth-order valence-electron chi connectivity index (χ4n) is 3.63. The van der Waals surface area contributed by atoms with Gasteiger partial charge in [-0.1, -0.05) is 12.8 Å². The third-order valence-corrected chi connectivity index (χ3v) is 7.03. The summed E-state index contributed by atoms with van der Waals surface area (Å²) in [6.45, 7) is 10.3. The smallest absolute Gasteiger partial charge is 0.191 e. The highest BCUT2D eigenvalue weighted by Crippen LogP contribution is 2.26. The molecule has 1 heterocycles. The third kappa shape index (κ3) is 8.12. The van der Waals surface area contributed by atoms with E-state index in [1.165, 1.54) is 45.2 Å². The zero-order chi connectivity index (χ0) is 17.6. The molecule has 7 heteroatoms. The molecule has 2 N–H and O–H groups in total. The molecule has 0 aromatic heterocycles. The Bertz CT molecular complexity index is 447. The highest BCUT2D eigenvalue weighted by Gasteiger charge is 2.26. The summed E-state index contributed by atoms with van der Waals surface area (Å²) in [5.74, 6) is 2.42. The highest BCUT2D eigenvalue weighted by atomic mass is 127. The summed E-state index contributed by atoms with van der Waals surface area (Å²) in [6.07, 6.45) is 6.87. The van der Waals surface area contributed by atoms with E-state index < -0.39 is 10.8 Å². The average molecular weight is 484 g/mol. The molecular formula is C18H37IN4OS. The summed E-state index contributed by atoms with van der Waals surface area (Å²) < 4.78 is 11.9. The molecule has 1 aliphatic carbocycles. The van der Waals surface area contributed by atoms with Crippen molar-refractivity contribution in [2.45, 2.75) is 63.7 Å². The van der Waals surface area contributed by atoms with Gasteiger partial charge >= 0.3 is 0 Å². The van der Waals surface area contributed by atoms with Gasteiger partial charge in [-0.2, -0.15) is 0 Å². The Hall–Kier alpha value is 0.110.